The van der Waals surface area contributed by atoms with Crippen LogP contribution < -0.4 is 0 Å². The van der Waals surface area contributed by atoms with Crippen molar-refractivity contribution in [3.05, 3.63) is 40.8 Å². The molecule has 2 bridgehead atoms. The number of hydrogen-bond donors (Lipinski definition) is 0. The van der Waals surface area contributed by atoms with E-state index in [4.69, 9.17) is 14.3 Å². The second-order valence-electron chi connectivity index (χ2n) is 4.62. The van der Waals surface area contributed by atoms with Gasteiger partial charge in [0.25, 0.3) is 0 Å². The van der Waals surface area contributed by atoms with Gasteiger partial charge in [-0.1, -0.05) is 11.6 Å². The highest BCUT2D eigenvalue weighted by atomic mass is 35.5. The molecule has 0 amide bonds. The highest BCUT2D eigenvalue weighted by Crippen LogP contribution is 2.46. The summed E-state index contributed by atoms with van der Waals surface area (Å²) in [7, 11) is 0. The number of rotatable bonds is 0. The van der Waals surface area contributed by atoms with E-state index in [1.54, 1.807) is 0 Å². The van der Waals surface area contributed by atoms with Gasteiger partial charge in [0, 0.05) is 39.2 Å². The molecule has 4 aliphatic rings. The molecule has 0 unspecified atom stereocenters. The Labute approximate surface area is 99.5 Å². The van der Waals surface area contributed by atoms with Crippen LogP contribution >= 0.6 is 11.6 Å². The van der Waals surface area contributed by atoms with E-state index in [0.717, 1.165) is 36.8 Å². The van der Waals surface area contributed by atoms with Crippen molar-refractivity contribution < 1.29 is 2.74 Å². The fourth-order valence-electron chi connectivity index (χ4n) is 2.84. The lowest BCUT2D eigenvalue weighted by Crippen LogP contribution is -2.25. The molecule has 0 aromatic heterocycles. The van der Waals surface area contributed by atoms with Gasteiger partial charge in [0.15, 0.2) is 0 Å². The molecule has 0 spiro atoms. The minimum Gasteiger partial charge on any atom is -0.0604 e. The SMILES string of the molecule is [2H]C1([2H])/C(=C2/C=C(Cl)C=C[CH+]2)C2CCC1CC2. The first-order chi connectivity index (χ1) is 8.09. The summed E-state index contributed by atoms with van der Waals surface area (Å²) in [5.41, 5.74) is 2.01. The molecule has 15 heavy (non-hydrogen) atoms. The highest BCUT2D eigenvalue weighted by Gasteiger charge is 2.36. The maximum Gasteiger partial charge on any atom is 0.124 e. The van der Waals surface area contributed by atoms with Crippen molar-refractivity contribution in [1.29, 1.82) is 0 Å². The molecule has 78 valence electrons. The Morgan fingerprint density at radius 3 is 2.80 bits per heavy atom. The van der Waals surface area contributed by atoms with Crippen LogP contribution in [0.1, 0.15) is 34.8 Å². The number of hydrogen-bond acceptors (Lipinski definition) is 0. The largest absolute Gasteiger partial charge is 0.124 e. The number of fused-ring (bicyclic) bond motifs is 3. The van der Waals surface area contributed by atoms with E-state index >= 15 is 0 Å². The molecule has 1 heteroatoms. The van der Waals surface area contributed by atoms with Crippen LogP contribution in [-0.4, -0.2) is 0 Å². The Morgan fingerprint density at radius 1 is 1.33 bits per heavy atom. The van der Waals surface area contributed by atoms with E-state index in [1.807, 2.05) is 24.6 Å². The minimum absolute atomic E-state index is 0.210. The Hall–Kier alpha value is -0.620. The third-order valence-corrected chi connectivity index (χ3v) is 3.87. The van der Waals surface area contributed by atoms with Crippen molar-refractivity contribution in [2.24, 2.45) is 11.8 Å². The molecular weight excluding hydrogens is 204 g/mol. The van der Waals surface area contributed by atoms with Gasteiger partial charge in [-0.2, -0.15) is 0 Å². The zero-order chi connectivity index (χ0) is 12.0. The summed E-state index contributed by atoms with van der Waals surface area (Å²) in [6.45, 7) is 0. The second kappa shape index (κ2) is 3.75. The monoisotopic (exact) mass is 221 g/mol. The normalized spacial score (nSPS) is 44.2. The van der Waals surface area contributed by atoms with E-state index in [0.29, 0.717) is 11.0 Å². The molecule has 0 N–H and O–H groups in total. The lowest BCUT2D eigenvalue weighted by Gasteiger charge is -2.36. The van der Waals surface area contributed by atoms with Gasteiger partial charge in [0.05, 0.1) is 11.6 Å². The van der Waals surface area contributed by atoms with Crippen molar-refractivity contribution in [1.82, 2.24) is 0 Å². The number of allylic oxidation sites excluding steroid dienone is 6. The molecule has 0 aromatic carbocycles. The summed E-state index contributed by atoms with van der Waals surface area (Å²) in [6.07, 6.45) is 10.9. The maximum atomic E-state index is 8.37. The molecular formula is C14H16Cl+. The summed E-state index contributed by atoms with van der Waals surface area (Å²) in [6, 6.07) is 0. The molecule has 0 aromatic rings. The van der Waals surface area contributed by atoms with Gasteiger partial charge in [0.1, 0.15) is 5.03 Å². The van der Waals surface area contributed by atoms with Crippen molar-refractivity contribution in [2.75, 3.05) is 0 Å². The molecule has 4 rings (SSSR count). The average molecular weight is 222 g/mol. The van der Waals surface area contributed by atoms with Crippen LogP contribution in [-0.2, 0) is 0 Å². The Balaban J connectivity index is 2.07. The van der Waals surface area contributed by atoms with Crippen LogP contribution in [0.25, 0.3) is 0 Å². The highest BCUT2D eigenvalue weighted by molar-refractivity contribution is 6.31. The van der Waals surface area contributed by atoms with Crippen LogP contribution in [0.4, 0.5) is 0 Å². The van der Waals surface area contributed by atoms with Crippen molar-refractivity contribution >= 4 is 11.6 Å². The van der Waals surface area contributed by atoms with Gasteiger partial charge < -0.3 is 0 Å². The molecule has 0 aliphatic heterocycles. The van der Waals surface area contributed by atoms with Crippen LogP contribution in [0.15, 0.2) is 34.4 Å². The molecule has 3 saturated carbocycles. The lowest BCUT2D eigenvalue weighted by molar-refractivity contribution is 0.238. The third kappa shape index (κ3) is 1.76. The van der Waals surface area contributed by atoms with Crippen LogP contribution in [0, 0.1) is 18.3 Å². The van der Waals surface area contributed by atoms with E-state index in [9.17, 15) is 0 Å². The molecule has 3 fully saturated rings. The topological polar surface area (TPSA) is 0 Å². The molecule has 0 nitrogen and oxygen atoms in total. The predicted molar refractivity (Wildman–Crippen MR) is 64.5 cm³/mol. The van der Waals surface area contributed by atoms with Gasteiger partial charge >= 0.3 is 0 Å². The van der Waals surface area contributed by atoms with E-state index in [1.165, 1.54) is 0 Å². The molecule has 0 radical (unpaired) electrons. The molecule has 0 heterocycles. The first-order valence-corrected chi connectivity index (χ1v) is 6.10. The first-order valence-electron chi connectivity index (χ1n) is 6.72. The minimum atomic E-state index is -1.13. The number of halogens is 1. The molecule has 0 saturated heterocycles. The standard InChI is InChI=1S/C14H16Cl/c15-13-3-1-2-12(9-13)14-8-10-4-6-11(14)7-5-10/h1-3,9-11H,4-8H2/q+1/b14-12-/i8D2. The van der Waals surface area contributed by atoms with E-state index in [2.05, 4.69) is 0 Å². The Morgan fingerprint density at radius 2 is 2.13 bits per heavy atom. The molecule has 4 aliphatic carbocycles. The van der Waals surface area contributed by atoms with Crippen LogP contribution in [0.5, 0.6) is 0 Å². The van der Waals surface area contributed by atoms with E-state index in [-0.39, 0.29) is 5.92 Å². The van der Waals surface area contributed by atoms with Crippen molar-refractivity contribution in [3.8, 4) is 0 Å². The second-order valence-corrected chi connectivity index (χ2v) is 5.05. The first kappa shape index (κ1) is 7.62. The van der Waals surface area contributed by atoms with Crippen molar-refractivity contribution in [2.45, 2.75) is 32.1 Å². The van der Waals surface area contributed by atoms with Gasteiger partial charge in [-0.25, -0.2) is 0 Å². The Bertz CT molecular complexity index is 424. The van der Waals surface area contributed by atoms with Crippen LogP contribution in [0.2, 0.25) is 0 Å². The summed E-state index contributed by atoms with van der Waals surface area (Å²) in [4.78, 5) is 0. The molecule has 0 atom stereocenters. The fourth-order valence-corrected chi connectivity index (χ4v) is 3.03. The van der Waals surface area contributed by atoms with Gasteiger partial charge in [-0.3, -0.25) is 0 Å². The summed E-state index contributed by atoms with van der Waals surface area (Å²) in [5.74, 6) is 0.634. The summed E-state index contributed by atoms with van der Waals surface area (Å²) in [5, 5.41) is 0.701. The summed E-state index contributed by atoms with van der Waals surface area (Å²) < 4.78 is 16.7. The predicted octanol–water partition coefficient (Wildman–Crippen LogP) is 4.39. The zero-order valence-electron chi connectivity index (χ0n) is 10.7. The zero-order valence-corrected chi connectivity index (χ0v) is 9.43. The smallest absolute Gasteiger partial charge is 0.0604 e. The lowest BCUT2D eigenvalue weighted by atomic mass is 9.66. The third-order valence-electron chi connectivity index (χ3n) is 3.63. The van der Waals surface area contributed by atoms with E-state index < -0.39 is 6.37 Å². The van der Waals surface area contributed by atoms with Gasteiger partial charge in [-0.15, -0.1) is 0 Å². The van der Waals surface area contributed by atoms with Crippen LogP contribution in [0.3, 0.4) is 0 Å². The quantitative estimate of drug-likeness (QED) is 0.533. The van der Waals surface area contributed by atoms with Crippen molar-refractivity contribution in [3.63, 3.8) is 0 Å². The maximum absolute atomic E-state index is 8.37. The summed E-state index contributed by atoms with van der Waals surface area (Å²) >= 11 is 6.02. The van der Waals surface area contributed by atoms with Gasteiger partial charge in [0.2, 0.25) is 0 Å². The fraction of sp³-hybridized carbons (Fsp3) is 0.500. The van der Waals surface area contributed by atoms with Gasteiger partial charge in [-0.05, 0) is 31.6 Å². The average Bonchev–Trinajstić information content (AvgIpc) is 2.29. The Kier molecular flexibility index (Phi) is 1.91.